The van der Waals surface area contributed by atoms with Crippen molar-refractivity contribution < 1.29 is 21.9 Å². The van der Waals surface area contributed by atoms with Crippen LogP contribution in [0.4, 0.5) is 8.78 Å². The fraction of sp³-hybridized carbons (Fsp3) is 0.500. The Morgan fingerprint density at radius 1 is 1.19 bits per heavy atom. The first-order chi connectivity index (χ1) is 9.45. The van der Waals surface area contributed by atoms with E-state index in [-0.39, 0.29) is 23.1 Å². The number of hydrogen-bond acceptors (Lipinski definition) is 4. The third kappa shape index (κ3) is 7.56. The summed E-state index contributed by atoms with van der Waals surface area (Å²) in [7, 11) is -3.58. The Balaban J connectivity index is 0.00000400. The molecular weight excluding hydrogens is 326 g/mol. The number of rotatable bonds is 9. The lowest BCUT2D eigenvalue weighted by Gasteiger charge is -2.08. The van der Waals surface area contributed by atoms with Crippen LogP contribution in [0.5, 0.6) is 5.75 Å². The fourth-order valence-corrected chi connectivity index (χ4v) is 2.51. The highest BCUT2D eigenvalue weighted by atomic mass is 35.5. The molecule has 0 heterocycles. The standard InChI is InChI=1S/C12H18F2N2O3S.ClH/c13-12(14)9-19-10-3-5-11(6-4-10)20(17,18)16-8-2-1-7-15;/h3-6,12,16H,1-2,7-9,15H2;1H. The lowest BCUT2D eigenvalue weighted by Crippen LogP contribution is -2.25. The van der Waals surface area contributed by atoms with Crippen molar-refractivity contribution in [2.45, 2.75) is 24.2 Å². The van der Waals surface area contributed by atoms with E-state index < -0.39 is 23.1 Å². The van der Waals surface area contributed by atoms with E-state index in [0.717, 1.165) is 6.42 Å². The molecule has 122 valence electrons. The highest BCUT2D eigenvalue weighted by molar-refractivity contribution is 7.89. The molecule has 0 aliphatic rings. The minimum Gasteiger partial charge on any atom is -0.488 e. The summed E-state index contributed by atoms with van der Waals surface area (Å²) in [5.41, 5.74) is 5.31. The highest BCUT2D eigenvalue weighted by Gasteiger charge is 2.13. The van der Waals surface area contributed by atoms with Gasteiger partial charge in [0.2, 0.25) is 10.0 Å². The summed E-state index contributed by atoms with van der Waals surface area (Å²) < 4.78 is 54.8. The molecule has 0 bridgehead atoms. The lowest BCUT2D eigenvalue weighted by atomic mass is 10.3. The van der Waals surface area contributed by atoms with Crippen molar-refractivity contribution in [2.24, 2.45) is 5.73 Å². The topological polar surface area (TPSA) is 81.4 Å². The summed E-state index contributed by atoms with van der Waals surface area (Å²) in [6.45, 7) is 0.102. The van der Waals surface area contributed by atoms with E-state index in [4.69, 9.17) is 10.5 Å². The maximum absolute atomic E-state index is 12.0. The maximum Gasteiger partial charge on any atom is 0.272 e. The van der Waals surface area contributed by atoms with E-state index in [1.807, 2.05) is 0 Å². The van der Waals surface area contributed by atoms with E-state index in [9.17, 15) is 17.2 Å². The number of alkyl halides is 2. The number of unbranched alkanes of at least 4 members (excludes halogenated alkanes) is 1. The molecule has 1 rings (SSSR count). The predicted octanol–water partition coefficient (Wildman–Crippen LogP) is 1.77. The Kier molecular flexibility index (Phi) is 9.43. The molecule has 0 unspecified atom stereocenters. The molecule has 0 aliphatic carbocycles. The quantitative estimate of drug-likeness (QED) is 0.669. The van der Waals surface area contributed by atoms with E-state index >= 15 is 0 Å². The van der Waals surface area contributed by atoms with Crippen LogP contribution in [0.1, 0.15) is 12.8 Å². The van der Waals surface area contributed by atoms with Gasteiger partial charge < -0.3 is 10.5 Å². The van der Waals surface area contributed by atoms with E-state index in [1.165, 1.54) is 24.3 Å². The average molecular weight is 345 g/mol. The molecule has 5 nitrogen and oxygen atoms in total. The number of hydrogen-bond donors (Lipinski definition) is 2. The Hall–Kier alpha value is -0.960. The van der Waals surface area contributed by atoms with Crippen LogP contribution in [0.25, 0.3) is 0 Å². The van der Waals surface area contributed by atoms with Crippen LogP contribution >= 0.6 is 12.4 Å². The molecule has 0 amide bonds. The molecule has 21 heavy (non-hydrogen) atoms. The molecule has 9 heteroatoms. The van der Waals surface area contributed by atoms with Crippen LogP contribution in [0.15, 0.2) is 29.2 Å². The van der Waals surface area contributed by atoms with Gasteiger partial charge in [-0.15, -0.1) is 12.4 Å². The Morgan fingerprint density at radius 2 is 1.81 bits per heavy atom. The smallest absolute Gasteiger partial charge is 0.272 e. The van der Waals surface area contributed by atoms with Crippen LogP contribution in [-0.2, 0) is 10.0 Å². The normalized spacial score (nSPS) is 11.2. The van der Waals surface area contributed by atoms with Gasteiger partial charge in [0.25, 0.3) is 6.43 Å². The van der Waals surface area contributed by atoms with Crippen LogP contribution in [0, 0.1) is 0 Å². The molecule has 0 radical (unpaired) electrons. The number of benzene rings is 1. The van der Waals surface area contributed by atoms with Gasteiger partial charge in [-0.05, 0) is 43.7 Å². The van der Waals surface area contributed by atoms with Gasteiger partial charge in [-0.25, -0.2) is 21.9 Å². The number of halogens is 3. The van der Waals surface area contributed by atoms with Crippen molar-refractivity contribution in [3.63, 3.8) is 0 Å². The lowest BCUT2D eigenvalue weighted by molar-refractivity contribution is 0.0819. The molecule has 1 aromatic rings. The SMILES string of the molecule is Cl.NCCCCNS(=O)(=O)c1ccc(OCC(F)F)cc1. The molecule has 3 N–H and O–H groups in total. The largest absolute Gasteiger partial charge is 0.488 e. The molecule has 0 saturated heterocycles. The Bertz CT molecular complexity index is 498. The summed E-state index contributed by atoms with van der Waals surface area (Å²) in [5, 5.41) is 0. The van der Waals surface area contributed by atoms with Gasteiger partial charge in [-0.1, -0.05) is 0 Å². The molecule has 1 aromatic carbocycles. The van der Waals surface area contributed by atoms with Crippen LogP contribution < -0.4 is 15.2 Å². The monoisotopic (exact) mass is 344 g/mol. The first-order valence-electron chi connectivity index (χ1n) is 6.16. The Morgan fingerprint density at radius 3 is 2.33 bits per heavy atom. The third-order valence-electron chi connectivity index (χ3n) is 2.43. The zero-order valence-electron chi connectivity index (χ0n) is 11.3. The minimum absolute atomic E-state index is 0. The van der Waals surface area contributed by atoms with E-state index in [2.05, 4.69) is 4.72 Å². The van der Waals surface area contributed by atoms with Crippen molar-refractivity contribution in [3.8, 4) is 5.75 Å². The van der Waals surface area contributed by atoms with E-state index in [0.29, 0.717) is 19.5 Å². The summed E-state index contributed by atoms with van der Waals surface area (Å²) in [6, 6.07) is 5.31. The van der Waals surface area contributed by atoms with Crippen molar-refractivity contribution in [2.75, 3.05) is 19.7 Å². The summed E-state index contributed by atoms with van der Waals surface area (Å²) in [5.74, 6) is 0.201. The number of nitrogens with one attached hydrogen (secondary N) is 1. The predicted molar refractivity (Wildman–Crippen MR) is 78.7 cm³/mol. The van der Waals surface area contributed by atoms with Gasteiger partial charge in [0.15, 0.2) is 0 Å². The molecule has 0 aromatic heterocycles. The summed E-state index contributed by atoms with van der Waals surface area (Å²) in [4.78, 5) is 0.0645. The molecule has 0 fully saturated rings. The summed E-state index contributed by atoms with van der Waals surface area (Å²) in [6.07, 6.45) is -1.17. The second kappa shape index (κ2) is 9.88. The van der Waals surface area contributed by atoms with Crippen molar-refractivity contribution >= 4 is 22.4 Å². The first kappa shape index (κ1) is 20.0. The highest BCUT2D eigenvalue weighted by Crippen LogP contribution is 2.16. The zero-order chi connectivity index (χ0) is 15.0. The average Bonchev–Trinajstić information content (AvgIpc) is 2.42. The minimum atomic E-state index is -3.58. The molecule has 0 aliphatic heterocycles. The number of ether oxygens (including phenoxy) is 1. The Labute approximate surface area is 129 Å². The van der Waals surface area contributed by atoms with Gasteiger partial charge >= 0.3 is 0 Å². The maximum atomic E-state index is 12.0. The third-order valence-corrected chi connectivity index (χ3v) is 3.91. The second-order valence-electron chi connectivity index (χ2n) is 4.07. The second-order valence-corrected chi connectivity index (χ2v) is 5.83. The van der Waals surface area contributed by atoms with E-state index in [1.54, 1.807) is 0 Å². The molecular formula is C12H19ClF2N2O3S. The van der Waals surface area contributed by atoms with Crippen molar-refractivity contribution in [1.29, 1.82) is 0 Å². The molecule has 0 spiro atoms. The summed E-state index contributed by atoms with van der Waals surface area (Å²) >= 11 is 0. The number of nitrogens with two attached hydrogens (primary N) is 1. The molecule has 0 atom stereocenters. The van der Waals surface area contributed by atoms with Gasteiger partial charge in [-0.3, -0.25) is 0 Å². The fourth-order valence-electron chi connectivity index (χ4n) is 1.43. The van der Waals surface area contributed by atoms with Gasteiger partial charge in [0, 0.05) is 6.54 Å². The van der Waals surface area contributed by atoms with Gasteiger partial charge in [-0.2, -0.15) is 0 Å². The van der Waals surface area contributed by atoms with Gasteiger partial charge in [0.1, 0.15) is 12.4 Å². The van der Waals surface area contributed by atoms with Crippen molar-refractivity contribution in [3.05, 3.63) is 24.3 Å². The first-order valence-corrected chi connectivity index (χ1v) is 7.65. The molecule has 0 saturated carbocycles. The number of sulfonamides is 1. The van der Waals surface area contributed by atoms with Crippen LogP contribution in [-0.4, -0.2) is 34.5 Å². The zero-order valence-corrected chi connectivity index (χ0v) is 12.9. The van der Waals surface area contributed by atoms with Gasteiger partial charge in [0.05, 0.1) is 4.90 Å². The van der Waals surface area contributed by atoms with Crippen molar-refractivity contribution in [1.82, 2.24) is 4.72 Å². The van der Waals surface area contributed by atoms with Crippen LogP contribution in [0.2, 0.25) is 0 Å². The van der Waals surface area contributed by atoms with Crippen LogP contribution in [0.3, 0.4) is 0 Å².